The first kappa shape index (κ1) is 26.5. The molecule has 8 nitrogen and oxygen atoms in total. The third-order valence-electron chi connectivity index (χ3n) is 5.51. The standard InChI is InChI=1S/C27H23N3OP.ClHO4/c28-30-26-27(29-25(31-26)21-13-5-1-6-14-21)32(22-15-7-2-8-16-22,23-17-9-3-10-18-23)24-19-11-4-12-20-24;2-1(3,4)5/h1-20,30H,28H2;(H,2,3,4,5)/q+1;/p-1. The SMILES string of the molecule is NNc1oc(-c2ccccc2)nc1[P+](c1ccccc1)(c1ccccc1)c1ccccc1.[O-][Cl+3]([O-])([O-])[O-]. The zero-order valence-electron chi connectivity index (χ0n) is 19.4. The van der Waals surface area contributed by atoms with E-state index in [0.717, 1.165) is 11.0 Å². The Morgan fingerprint density at radius 2 is 0.973 bits per heavy atom. The topological polar surface area (TPSA) is 156 Å². The summed E-state index contributed by atoms with van der Waals surface area (Å²) in [6, 6.07) is 41.5. The average Bonchev–Trinajstić information content (AvgIpc) is 3.35. The van der Waals surface area contributed by atoms with Gasteiger partial charge in [0.2, 0.25) is 5.89 Å². The summed E-state index contributed by atoms with van der Waals surface area (Å²) in [4.78, 5) is 5.09. The molecule has 1 heterocycles. The van der Waals surface area contributed by atoms with Crippen LogP contribution in [0.2, 0.25) is 0 Å². The molecule has 0 aliphatic carbocycles. The van der Waals surface area contributed by atoms with Crippen molar-refractivity contribution >= 4 is 34.5 Å². The van der Waals surface area contributed by atoms with Crippen molar-refractivity contribution in [3.8, 4) is 11.5 Å². The number of hydrogen-bond acceptors (Lipinski definition) is 8. The first-order valence-electron chi connectivity index (χ1n) is 11.0. The number of rotatable bonds is 6. The minimum Gasteiger partial charge on any atom is -0.415 e. The molecule has 0 radical (unpaired) electrons. The summed E-state index contributed by atoms with van der Waals surface area (Å²) in [5.41, 5.74) is 4.53. The number of nitrogens with zero attached hydrogens (tertiary/aromatic N) is 1. The maximum absolute atomic E-state index is 8.49. The summed E-state index contributed by atoms with van der Waals surface area (Å²) in [5.74, 6) is 7.03. The second kappa shape index (κ2) is 11.6. The number of nitrogen functional groups attached to an aromatic ring is 1. The van der Waals surface area contributed by atoms with E-state index in [-0.39, 0.29) is 0 Å². The van der Waals surface area contributed by atoms with Gasteiger partial charge in [0.05, 0.1) is 0 Å². The van der Waals surface area contributed by atoms with E-state index in [1.54, 1.807) is 0 Å². The summed E-state index contributed by atoms with van der Waals surface area (Å²) in [7, 11) is -7.35. The molecule has 0 aliphatic heterocycles. The maximum atomic E-state index is 8.49. The normalized spacial score (nSPS) is 11.4. The number of nitrogens with two attached hydrogens (primary N) is 1. The highest BCUT2D eigenvalue weighted by Crippen LogP contribution is 2.55. The largest absolute Gasteiger partial charge is 0.415 e. The second-order valence-electron chi connectivity index (χ2n) is 7.74. The molecule has 0 fully saturated rings. The van der Waals surface area contributed by atoms with E-state index in [1.165, 1.54) is 15.9 Å². The maximum Gasteiger partial charge on any atom is 0.273 e. The molecule has 0 atom stereocenters. The van der Waals surface area contributed by atoms with Gasteiger partial charge in [0.25, 0.3) is 11.3 Å². The fourth-order valence-electron chi connectivity index (χ4n) is 4.11. The van der Waals surface area contributed by atoms with Gasteiger partial charge >= 0.3 is 0 Å². The Bertz CT molecular complexity index is 1300. The fraction of sp³-hybridized carbons (Fsp3) is 0. The Morgan fingerprint density at radius 1 is 0.622 bits per heavy atom. The van der Waals surface area contributed by atoms with Crippen molar-refractivity contribution in [1.29, 1.82) is 0 Å². The van der Waals surface area contributed by atoms with Crippen molar-refractivity contribution < 1.29 is 33.3 Å². The fourth-order valence-corrected chi connectivity index (χ4v) is 8.25. The van der Waals surface area contributed by atoms with E-state index >= 15 is 0 Å². The molecule has 37 heavy (non-hydrogen) atoms. The Balaban J connectivity index is 0.000000586. The van der Waals surface area contributed by atoms with Gasteiger partial charge in [-0.05, 0) is 48.5 Å². The molecule has 188 valence electrons. The quantitative estimate of drug-likeness (QED) is 0.167. The number of anilines is 1. The van der Waals surface area contributed by atoms with Crippen LogP contribution in [0.5, 0.6) is 0 Å². The third kappa shape index (κ3) is 6.05. The summed E-state index contributed by atoms with van der Waals surface area (Å²) in [6.45, 7) is 0. The zero-order chi connectivity index (χ0) is 26.3. The molecule has 5 rings (SSSR count). The Labute approximate surface area is 216 Å². The first-order chi connectivity index (χ1) is 17.8. The van der Waals surface area contributed by atoms with E-state index < -0.39 is 17.5 Å². The van der Waals surface area contributed by atoms with Crippen LogP contribution >= 0.6 is 7.26 Å². The van der Waals surface area contributed by atoms with Gasteiger partial charge in [-0.2, -0.15) is 4.98 Å². The predicted molar refractivity (Wildman–Crippen MR) is 135 cm³/mol. The number of hydrazine groups is 1. The molecule has 10 heteroatoms. The van der Waals surface area contributed by atoms with Crippen LogP contribution in [0.1, 0.15) is 0 Å². The second-order valence-corrected chi connectivity index (χ2v) is 11.8. The summed E-state index contributed by atoms with van der Waals surface area (Å²) in [6.07, 6.45) is 0. The predicted octanol–water partition coefficient (Wildman–Crippen LogP) is -0.509. The minimum absolute atomic E-state index is 0.480. The van der Waals surface area contributed by atoms with Gasteiger partial charge in [-0.15, -0.1) is 10.2 Å². The molecule has 5 aromatic rings. The smallest absolute Gasteiger partial charge is 0.273 e. The van der Waals surface area contributed by atoms with Gasteiger partial charge in [0, 0.05) is 5.56 Å². The molecular formula is C27H23ClN3O5P. The molecule has 3 N–H and O–H groups in total. The van der Waals surface area contributed by atoms with Crippen LogP contribution in [0.15, 0.2) is 126 Å². The van der Waals surface area contributed by atoms with Gasteiger partial charge < -0.3 is 4.42 Å². The van der Waals surface area contributed by atoms with Crippen LogP contribution in [-0.2, 0) is 0 Å². The number of hydrogen-bond donors (Lipinski definition) is 2. The molecule has 1 aromatic heterocycles. The lowest BCUT2D eigenvalue weighted by molar-refractivity contribution is -2.00. The number of halogens is 1. The number of benzene rings is 4. The summed E-state index contributed by atoms with van der Waals surface area (Å²) >= 11 is 0. The molecule has 0 spiro atoms. The first-order valence-corrected chi connectivity index (χ1v) is 14.1. The number of oxazole rings is 1. The van der Waals surface area contributed by atoms with E-state index in [0.29, 0.717) is 11.8 Å². The van der Waals surface area contributed by atoms with Crippen LogP contribution in [0.25, 0.3) is 11.5 Å². The lowest BCUT2D eigenvalue weighted by atomic mass is 10.2. The molecular weight excluding hydrogens is 513 g/mol. The van der Waals surface area contributed by atoms with E-state index in [1.807, 2.05) is 48.5 Å². The highest BCUT2D eigenvalue weighted by Gasteiger charge is 2.53. The monoisotopic (exact) mass is 535 g/mol. The van der Waals surface area contributed by atoms with Crippen molar-refractivity contribution in [2.75, 3.05) is 5.43 Å². The third-order valence-corrected chi connectivity index (χ3v) is 9.67. The average molecular weight is 536 g/mol. The lowest BCUT2D eigenvalue weighted by Gasteiger charge is -2.25. The summed E-state index contributed by atoms with van der Waals surface area (Å²) in [5, 5.41) is 3.55. The highest BCUT2D eigenvalue weighted by molar-refractivity contribution is 8.01. The van der Waals surface area contributed by atoms with Crippen LogP contribution in [0.3, 0.4) is 0 Å². The van der Waals surface area contributed by atoms with E-state index in [2.05, 4.69) is 78.2 Å². The Hall–Kier alpha value is -3.59. The molecule has 0 saturated carbocycles. The van der Waals surface area contributed by atoms with Crippen molar-refractivity contribution in [3.63, 3.8) is 0 Å². The van der Waals surface area contributed by atoms with Crippen LogP contribution in [0.4, 0.5) is 5.88 Å². The highest BCUT2D eigenvalue weighted by atomic mass is 35.7. The van der Waals surface area contributed by atoms with E-state index in [9.17, 15) is 0 Å². The van der Waals surface area contributed by atoms with Crippen molar-refractivity contribution in [2.45, 2.75) is 0 Å². The zero-order valence-corrected chi connectivity index (χ0v) is 21.1. The minimum atomic E-state index is -4.94. The number of aromatic nitrogens is 1. The van der Waals surface area contributed by atoms with Gasteiger partial charge in [-0.1, -0.05) is 72.8 Å². The number of nitrogens with one attached hydrogen (secondary N) is 1. The molecule has 4 aromatic carbocycles. The lowest BCUT2D eigenvalue weighted by Crippen LogP contribution is -2.68. The summed E-state index contributed by atoms with van der Waals surface area (Å²) < 4.78 is 40.2. The Kier molecular flexibility index (Phi) is 8.33. The van der Waals surface area contributed by atoms with Crippen LogP contribution < -0.4 is 51.3 Å². The van der Waals surface area contributed by atoms with Crippen molar-refractivity contribution in [2.24, 2.45) is 5.84 Å². The molecule has 0 unspecified atom stereocenters. The van der Waals surface area contributed by atoms with Gasteiger partial charge in [-0.25, -0.2) is 24.5 Å². The van der Waals surface area contributed by atoms with Crippen molar-refractivity contribution in [3.05, 3.63) is 121 Å². The van der Waals surface area contributed by atoms with Gasteiger partial charge in [0.1, 0.15) is 15.9 Å². The van der Waals surface area contributed by atoms with Crippen LogP contribution in [-0.4, -0.2) is 4.98 Å². The van der Waals surface area contributed by atoms with Gasteiger partial charge in [0.15, 0.2) is 7.26 Å². The molecule has 0 saturated heterocycles. The van der Waals surface area contributed by atoms with E-state index in [4.69, 9.17) is 33.9 Å². The Morgan fingerprint density at radius 3 is 1.32 bits per heavy atom. The molecule has 0 bridgehead atoms. The van der Waals surface area contributed by atoms with Gasteiger partial charge in [-0.3, -0.25) is 5.43 Å². The van der Waals surface area contributed by atoms with Crippen LogP contribution in [0, 0.1) is 10.2 Å². The van der Waals surface area contributed by atoms with Crippen molar-refractivity contribution in [1.82, 2.24) is 4.98 Å². The molecule has 0 amide bonds. The molecule has 0 aliphatic rings.